The van der Waals surface area contributed by atoms with Crippen molar-refractivity contribution in [3.63, 3.8) is 0 Å². The van der Waals surface area contributed by atoms with Crippen LogP contribution in [0.4, 0.5) is 4.39 Å². The first-order chi connectivity index (χ1) is 10.4. The Balaban J connectivity index is 2.36. The summed E-state index contributed by atoms with van der Waals surface area (Å²) < 4.78 is 15.9. The Morgan fingerprint density at radius 1 is 1.55 bits per heavy atom. The molecular weight excluding hydrogens is 351 g/mol. The van der Waals surface area contributed by atoms with Crippen molar-refractivity contribution in [3.8, 4) is 0 Å². The van der Waals surface area contributed by atoms with E-state index in [9.17, 15) is 9.50 Å². The van der Waals surface area contributed by atoms with Gasteiger partial charge in [0.05, 0.1) is 6.54 Å². The van der Waals surface area contributed by atoms with E-state index < -0.39 is 5.60 Å². The predicted molar refractivity (Wildman–Crippen MR) is 85.7 cm³/mol. The van der Waals surface area contributed by atoms with Crippen LogP contribution in [0.25, 0.3) is 0 Å². The number of nitrogens with zero attached hydrogens (tertiary/aromatic N) is 3. The van der Waals surface area contributed by atoms with Gasteiger partial charge in [0, 0.05) is 24.2 Å². The second-order valence-electron chi connectivity index (χ2n) is 5.09. The summed E-state index contributed by atoms with van der Waals surface area (Å²) in [6.45, 7) is 1.94. The van der Waals surface area contributed by atoms with E-state index in [2.05, 4.69) is 31.3 Å². The molecular formula is C15H18BrFN4O. The van der Waals surface area contributed by atoms with Gasteiger partial charge in [0.15, 0.2) is 0 Å². The highest BCUT2D eigenvalue weighted by Crippen LogP contribution is 2.32. The predicted octanol–water partition coefficient (Wildman–Crippen LogP) is 2.46. The second kappa shape index (κ2) is 7.02. The van der Waals surface area contributed by atoms with Crippen LogP contribution in [-0.2, 0) is 12.1 Å². The number of nitrogens with one attached hydrogen (secondary N) is 1. The summed E-state index contributed by atoms with van der Waals surface area (Å²) in [5.41, 5.74) is -0.823. The number of halogens is 2. The molecule has 1 atom stereocenters. The van der Waals surface area contributed by atoms with Crippen LogP contribution in [0.1, 0.15) is 17.8 Å². The van der Waals surface area contributed by atoms with E-state index >= 15 is 0 Å². The van der Waals surface area contributed by atoms with E-state index in [4.69, 9.17) is 0 Å². The molecule has 1 heterocycles. The van der Waals surface area contributed by atoms with Gasteiger partial charge in [-0.25, -0.2) is 14.1 Å². The maximum absolute atomic E-state index is 13.5. The van der Waals surface area contributed by atoms with Crippen LogP contribution >= 0.6 is 15.9 Å². The Labute approximate surface area is 137 Å². The highest BCUT2D eigenvalue weighted by atomic mass is 79.9. The number of aliphatic hydroxyl groups is 1. The van der Waals surface area contributed by atoms with Gasteiger partial charge in [-0.1, -0.05) is 28.1 Å². The lowest BCUT2D eigenvalue weighted by Gasteiger charge is -2.28. The van der Waals surface area contributed by atoms with E-state index in [-0.39, 0.29) is 18.8 Å². The van der Waals surface area contributed by atoms with Crippen molar-refractivity contribution in [2.24, 2.45) is 0 Å². The SMILES string of the molecule is CN/C=C(/Br)CC(O)(Cn1cnc(C)n1)c1cccc(F)c1. The molecule has 5 nitrogen and oxygen atoms in total. The van der Waals surface area contributed by atoms with Gasteiger partial charge in [0.2, 0.25) is 0 Å². The lowest BCUT2D eigenvalue weighted by Crippen LogP contribution is -2.32. The van der Waals surface area contributed by atoms with Crippen molar-refractivity contribution in [2.75, 3.05) is 7.05 Å². The van der Waals surface area contributed by atoms with Gasteiger partial charge in [-0.3, -0.25) is 0 Å². The number of hydrogen-bond acceptors (Lipinski definition) is 4. The van der Waals surface area contributed by atoms with Gasteiger partial charge in [0.25, 0.3) is 0 Å². The van der Waals surface area contributed by atoms with Crippen LogP contribution in [0, 0.1) is 12.7 Å². The summed E-state index contributed by atoms with van der Waals surface area (Å²) in [4.78, 5) is 4.06. The number of aromatic nitrogens is 3. The Bertz CT molecular complexity index is 673. The lowest BCUT2D eigenvalue weighted by atomic mass is 9.90. The maximum atomic E-state index is 13.5. The molecule has 0 amide bonds. The lowest BCUT2D eigenvalue weighted by molar-refractivity contribution is 0.0167. The Morgan fingerprint density at radius 3 is 2.91 bits per heavy atom. The molecule has 0 bridgehead atoms. The molecule has 1 aromatic carbocycles. The summed E-state index contributed by atoms with van der Waals surface area (Å²) in [5.74, 6) is 0.228. The molecule has 0 fully saturated rings. The number of rotatable bonds is 6. The third-order valence-corrected chi connectivity index (χ3v) is 3.71. The summed E-state index contributed by atoms with van der Waals surface area (Å²) >= 11 is 3.41. The molecule has 0 saturated heterocycles. The zero-order valence-corrected chi connectivity index (χ0v) is 14.0. The van der Waals surface area contributed by atoms with E-state index in [1.807, 2.05) is 0 Å². The standard InChI is InChI=1S/C15H18BrFN4O/c1-11-19-10-21(20-11)9-15(22,7-13(16)8-18-2)12-4-3-5-14(17)6-12/h3-6,8,10,18,22H,7,9H2,1-2H3/b13-8+. The minimum Gasteiger partial charge on any atom is -0.393 e. The fourth-order valence-corrected chi connectivity index (χ4v) is 2.94. The molecule has 0 spiro atoms. The summed E-state index contributed by atoms with van der Waals surface area (Å²) in [6.07, 6.45) is 3.56. The zero-order chi connectivity index (χ0) is 16.2. The van der Waals surface area contributed by atoms with Gasteiger partial charge in [-0.15, -0.1) is 0 Å². The molecule has 1 aromatic heterocycles. The molecule has 118 valence electrons. The first kappa shape index (κ1) is 16.6. The molecule has 0 saturated carbocycles. The number of aryl methyl sites for hydroxylation is 1. The number of benzene rings is 1. The molecule has 0 aliphatic carbocycles. The summed E-state index contributed by atoms with van der Waals surface area (Å²) in [7, 11) is 1.77. The minimum absolute atomic E-state index is 0.171. The van der Waals surface area contributed by atoms with Gasteiger partial charge in [-0.05, 0) is 24.6 Å². The molecule has 0 aliphatic rings. The molecule has 7 heteroatoms. The first-order valence-corrected chi connectivity index (χ1v) is 7.58. The molecule has 2 aromatic rings. The van der Waals surface area contributed by atoms with Crippen LogP contribution in [0.2, 0.25) is 0 Å². The van der Waals surface area contributed by atoms with E-state index in [0.29, 0.717) is 11.4 Å². The van der Waals surface area contributed by atoms with Crippen molar-refractivity contribution in [2.45, 2.75) is 25.5 Å². The van der Waals surface area contributed by atoms with Gasteiger partial charge in [-0.2, -0.15) is 5.10 Å². The van der Waals surface area contributed by atoms with Crippen molar-refractivity contribution >= 4 is 15.9 Å². The van der Waals surface area contributed by atoms with Crippen LogP contribution < -0.4 is 5.32 Å². The smallest absolute Gasteiger partial charge is 0.147 e. The fraction of sp³-hybridized carbons (Fsp3) is 0.333. The monoisotopic (exact) mass is 368 g/mol. The van der Waals surface area contributed by atoms with Crippen molar-refractivity contribution in [1.82, 2.24) is 20.1 Å². The molecule has 0 radical (unpaired) electrons. The van der Waals surface area contributed by atoms with Crippen LogP contribution in [0.3, 0.4) is 0 Å². The van der Waals surface area contributed by atoms with E-state index in [1.54, 1.807) is 43.3 Å². The Morgan fingerprint density at radius 2 is 2.32 bits per heavy atom. The third-order valence-electron chi connectivity index (χ3n) is 3.20. The number of hydrogen-bond donors (Lipinski definition) is 2. The van der Waals surface area contributed by atoms with Crippen molar-refractivity contribution < 1.29 is 9.50 Å². The average molecular weight is 369 g/mol. The van der Waals surface area contributed by atoms with Gasteiger partial charge in [0.1, 0.15) is 23.6 Å². The van der Waals surface area contributed by atoms with E-state index in [1.165, 1.54) is 12.1 Å². The molecule has 1 unspecified atom stereocenters. The molecule has 22 heavy (non-hydrogen) atoms. The minimum atomic E-state index is -1.31. The van der Waals surface area contributed by atoms with Crippen LogP contribution in [0.15, 0.2) is 41.3 Å². The zero-order valence-electron chi connectivity index (χ0n) is 12.4. The highest BCUT2D eigenvalue weighted by molar-refractivity contribution is 9.11. The van der Waals surface area contributed by atoms with Gasteiger partial charge >= 0.3 is 0 Å². The van der Waals surface area contributed by atoms with Crippen molar-refractivity contribution in [1.29, 1.82) is 0 Å². The van der Waals surface area contributed by atoms with Crippen molar-refractivity contribution in [3.05, 3.63) is 58.5 Å². The largest absolute Gasteiger partial charge is 0.393 e. The average Bonchev–Trinajstić information content (AvgIpc) is 2.84. The van der Waals surface area contributed by atoms with Gasteiger partial charge < -0.3 is 10.4 Å². The Hall–Kier alpha value is -1.73. The summed E-state index contributed by atoms with van der Waals surface area (Å²) in [5, 5.41) is 18.2. The molecule has 2 N–H and O–H groups in total. The summed E-state index contributed by atoms with van der Waals surface area (Å²) in [6, 6.07) is 5.97. The Kier molecular flexibility index (Phi) is 5.31. The topological polar surface area (TPSA) is 63.0 Å². The first-order valence-electron chi connectivity index (χ1n) is 6.79. The second-order valence-corrected chi connectivity index (χ2v) is 6.11. The van der Waals surface area contributed by atoms with Crippen LogP contribution in [-0.4, -0.2) is 26.9 Å². The fourth-order valence-electron chi connectivity index (χ4n) is 2.25. The normalized spacial score (nSPS) is 14.7. The highest BCUT2D eigenvalue weighted by Gasteiger charge is 2.31. The maximum Gasteiger partial charge on any atom is 0.147 e. The quantitative estimate of drug-likeness (QED) is 0.821. The third kappa shape index (κ3) is 4.14. The van der Waals surface area contributed by atoms with E-state index in [0.717, 1.165) is 4.48 Å². The molecule has 2 rings (SSSR count). The van der Waals surface area contributed by atoms with Crippen LogP contribution in [0.5, 0.6) is 0 Å². The molecule has 0 aliphatic heterocycles.